The summed E-state index contributed by atoms with van der Waals surface area (Å²) in [5.74, 6) is 0.772. The summed E-state index contributed by atoms with van der Waals surface area (Å²) in [6, 6.07) is 4.54. The van der Waals surface area contributed by atoms with Crippen LogP contribution >= 0.6 is 11.6 Å². The molecule has 1 aromatic carbocycles. The summed E-state index contributed by atoms with van der Waals surface area (Å²) in [4.78, 5) is 4.22. The molecule has 6 heteroatoms. The summed E-state index contributed by atoms with van der Waals surface area (Å²) in [5.41, 5.74) is 6.40. The average molecular weight is 298 g/mol. The molecule has 0 bridgehead atoms. The highest BCUT2D eigenvalue weighted by molar-refractivity contribution is 6.30. The summed E-state index contributed by atoms with van der Waals surface area (Å²) in [6.07, 6.45) is 0.984. The fraction of sp³-hybridized carbons (Fsp3) is 0.429. The molecule has 0 saturated heterocycles. The second kappa shape index (κ2) is 6.33. The van der Waals surface area contributed by atoms with E-state index in [-0.39, 0.29) is 17.5 Å². The minimum atomic E-state index is -0.452. The number of aromatic nitrogens is 2. The summed E-state index contributed by atoms with van der Waals surface area (Å²) in [7, 11) is 0. The molecule has 1 heterocycles. The van der Waals surface area contributed by atoms with Gasteiger partial charge in [0, 0.05) is 6.42 Å². The van der Waals surface area contributed by atoms with Crippen molar-refractivity contribution in [3.8, 4) is 0 Å². The van der Waals surface area contributed by atoms with Crippen molar-refractivity contribution in [1.82, 2.24) is 10.1 Å². The number of hydrogen-bond acceptors (Lipinski definition) is 4. The monoisotopic (exact) mass is 297 g/mol. The van der Waals surface area contributed by atoms with Crippen LogP contribution < -0.4 is 5.73 Å². The highest BCUT2D eigenvalue weighted by atomic mass is 35.5. The van der Waals surface area contributed by atoms with E-state index in [2.05, 4.69) is 24.0 Å². The third kappa shape index (κ3) is 3.55. The lowest BCUT2D eigenvalue weighted by Crippen LogP contribution is -2.13. The Balaban J connectivity index is 2.11. The van der Waals surface area contributed by atoms with E-state index in [0.717, 1.165) is 6.42 Å². The molecule has 2 N–H and O–H groups in total. The van der Waals surface area contributed by atoms with E-state index >= 15 is 0 Å². The fourth-order valence-corrected chi connectivity index (χ4v) is 2.15. The first kappa shape index (κ1) is 14.9. The zero-order chi connectivity index (χ0) is 14.7. The van der Waals surface area contributed by atoms with Crippen molar-refractivity contribution in [2.24, 2.45) is 11.7 Å². The fourth-order valence-electron chi connectivity index (χ4n) is 1.95. The summed E-state index contributed by atoms with van der Waals surface area (Å²) < 4.78 is 18.9. The number of benzene rings is 1. The molecule has 1 unspecified atom stereocenters. The van der Waals surface area contributed by atoms with E-state index in [1.807, 2.05) is 0 Å². The lowest BCUT2D eigenvalue weighted by Gasteiger charge is -2.08. The molecule has 4 nitrogen and oxygen atoms in total. The van der Waals surface area contributed by atoms with Crippen LogP contribution in [0.25, 0.3) is 0 Å². The van der Waals surface area contributed by atoms with Gasteiger partial charge in [-0.15, -0.1) is 0 Å². The third-order valence-electron chi connectivity index (χ3n) is 2.91. The van der Waals surface area contributed by atoms with Crippen LogP contribution in [-0.2, 0) is 6.42 Å². The molecule has 0 fully saturated rings. The lowest BCUT2D eigenvalue weighted by molar-refractivity contribution is 0.332. The van der Waals surface area contributed by atoms with Crippen LogP contribution in [-0.4, -0.2) is 10.1 Å². The Hall–Kier alpha value is -1.46. The van der Waals surface area contributed by atoms with Crippen LogP contribution in [0.4, 0.5) is 4.39 Å². The molecular weight excluding hydrogens is 281 g/mol. The molecule has 0 radical (unpaired) electrons. The van der Waals surface area contributed by atoms with Crippen molar-refractivity contribution in [2.75, 3.05) is 0 Å². The molecule has 0 amide bonds. The zero-order valence-corrected chi connectivity index (χ0v) is 12.2. The Morgan fingerprint density at radius 3 is 2.85 bits per heavy atom. The summed E-state index contributed by atoms with van der Waals surface area (Å²) in [6.45, 7) is 4.14. The van der Waals surface area contributed by atoms with Gasteiger partial charge < -0.3 is 10.3 Å². The van der Waals surface area contributed by atoms with E-state index in [1.165, 1.54) is 6.07 Å². The molecule has 0 spiro atoms. The van der Waals surface area contributed by atoms with E-state index in [1.54, 1.807) is 12.1 Å². The molecule has 0 aliphatic carbocycles. The Bertz CT molecular complexity index is 586. The normalized spacial score (nSPS) is 12.9. The van der Waals surface area contributed by atoms with Crippen LogP contribution in [0.2, 0.25) is 5.02 Å². The number of halogens is 2. The first-order valence-corrected chi connectivity index (χ1v) is 6.86. The van der Waals surface area contributed by atoms with Gasteiger partial charge in [-0.3, -0.25) is 0 Å². The maximum Gasteiger partial charge on any atom is 0.243 e. The predicted molar refractivity (Wildman–Crippen MR) is 74.9 cm³/mol. The topological polar surface area (TPSA) is 64.9 Å². The third-order valence-corrected chi connectivity index (χ3v) is 3.20. The van der Waals surface area contributed by atoms with Crippen LogP contribution in [0.3, 0.4) is 0 Å². The van der Waals surface area contributed by atoms with Crippen molar-refractivity contribution in [3.63, 3.8) is 0 Å². The van der Waals surface area contributed by atoms with Gasteiger partial charge in [-0.05, 0) is 24.0 Å². The Morgan fingerprint density at radius 1 is 1.40 bits per heavy atom. The van der Waals surface area contributed by atoms with Crippen molar-refractivity contribution in [1.29, 1.82) is 0 Å². The quantitative estimate of drug-likeness (QED) is 0.917. The minimum Gasteiger partial charge on any atom is -0.338 e. The molecule has 2 rings (SSSR count). The van der Waals surface area contributed by atoms with Crippen molar-refractivity contribution >= 4 is 11.6 Å². The van der Waals surface area contributed by atoms with Crippen LogP contribution in [0.5, 0.6) is 0 Å². The van der Waals surface area contributed by atoms with E-state index in [0.29, 0.717) is 23.2 Å². The largest absolute Gasteiger partial charge is 0.338 e. The predicted octanol–water partition coefficient (Wildman–Crippen LogP) is 3.50. The summed E-state index contributed by atoms with van der Waals surface area (Å²) in [5, 5.41) is 3.92. The molecular formula is C14H17ClFN3O. The van der Waals surface area contributed by atoms with Gasteiger partial charge >= 0.3 is 0 Å². The van der Waals surface area contributed by atoms with E-state index < -0.39 is 5.82 Å². The minimum absolute atomic E-state index is 0.0859. The Labute approximate surface area is 122 Å². The van der Waals surface area contributed by atoms with E-state index in [4.69, 9.17) is 21.9 Å². The average Bonchev–Trinajstić information content (AvgIpc) is 2.83. The zero-order valence-electron chi connectivity index (χ0n) is 11.4. The second-order valence-electron chi connectivity index (χ2n) is 5.17. The van der Waals surface area contributed by atoms with Gasteiger partial charge in [0.25, 0.3) is 0 Å². The maximum atomic E-state index is 13.8. The molecule has 0 aliphatic heterocycles. The van der Waals surface area contributed by atoms with Gasteiger partial charge in [0.2, 0.25) is 5.89 Å². The molecule has 108 valence electrons. The highest BCUT2D eigenvalue weighted by Crippen LogP contribution is 2.21. The summed E-state index contributed by atoms with van der Waals surface area (Å²) >= 11 is 5.73. The number of rotatable bonds is 5. The number of hydrogen-bond donors (Lipinski definition) is 1. The smallest absolute Gasteiger partial charge is 0.243 e. The maximum absolute atomic E-state index is 13.8. The molecule has 1 aromatic heterocycles. The Kier molecular flexibility index (Phi) is 4.73. The van der Waals surface area contributed by atoms with Gasteiger partial charge in [-0.25, -0.2) is 4.39 Å². The van der Waals surface area contributed by atoms with Gasteiger partial charge in [-0.1, -0.05) is 42.7 Å². The second-order valence-corrected chi connectivity index (χ2v) is 5.58. The van der Waals surface area contributed by atoms with Crippen molar-refractivity contribution in [2.45, 2.75) is 32.7 Å². The molecule has 2 aromatic rings. The van der Waals surface area contributed by atoms with Gasteiger partial charge in [0.15, 0.2) is 5.82 Å². The number of nitrogens with two attached hydrogens (primary N) is 1. The molecule has 1 atom stereocenters. The SMILES string of the molecule is CC(C)CC(N)c1nc(Cc2cccc(Cl)c2F)no1. The first-order valence-electron chi connectivity index (χ1n) is 6.48. The first-order chi connectivity index (χ1) is 9.47. The highest BCUT2D eigenvalue weighted by Gasteiger charge is 2.17. The Morgan fingerprint density at radius 2 is 2.15 bits per heavy atom. The van der Waals surface area contributed by atoms with Crippen LogP contribution in [0.15, 0.2) is 22.7 Å². The van der Waals surface area contributed by atoms with Crippen molar-refractivity contribution < 1.29 is 8.91 Å². The lowest BCUT2D eigenvalue weighted by atomic mass is 10.0. The van der Waals surface area contributed by atoms with Gasteiger partial charge in [-0.2, -0.15) is 4.98 Å². The van der Waals surface area contributed by atoms with Crippen molar-refractivity contribution in [3.05, 3.63) is 46.3 Å². The molecule has 0 aliphatic rings. The van der Waals surface area contributed by atoms with E-state index in [9.17, 15) is 4.39 Å². The number of nitrogens with zero attached hydrogens (tertiary/aromatic N) is 2. The standard InChI is InChI=1S/C14H17ClFN3O/c1-8(2)6-11(17)14-18-12(19-20-14)7-9-4-3-5-10(15)13(9)16/h3-5,8,11H,6-7,17H2,1-2H3. The van der Waals surface area contributed by atoms with Crippen LogP contribution in [0.1, 0.15) is 43.6 Å². The van der Waals surface area contributed by atoms with Crippen LogP contribution in [0, 0.1) is 11.7 Å². The molecule has 20 heavy (non-hydrogen) atoms. The van der Waals surface area contributed by atoms with Gasteiger partial charge in [0.1, 0.15) is 5.82 Å². The van der Waals surface area contributed by atoms with Gasteiger partial charge in [0.05, 0.1) is 11.1 Å². The molecule has 0 saturated carbocycles.